The summed E-state index contributed by atoms with van der Waals surface area (Å²) in [6.45, 7) is -0.456. The van der Waals surface area contributed by atoms with Crippen LogP contribution in [0.25, 0.3) is 23.0 Å². The maximum absolute atomic E-state index is 12.3. The van der Waals surface area contributed by atoms with Gasteiger partial charge >= 0.3 is 5.97 Å². The van der Waals surface area contributed by atoms with Gasteiger partial charge in [0, 0.05) is 33.6 Å². The third kappa shape index (κ3) is 6.31. The summed E-state index contributed by atoms with van der Waals surface area (Å²) in [5.74, 6) is -1.17. The molecule has 1 amide bonds. The molecule has 4 rings (SSSR count). The molecule has 0 unspecified atom stereocenters. The Morgan fingerprint density at radius 3 is 2.57 bits per heavy atom. The molecule has 0 fully saturated rings. The number of anilines is 1. The van der Waals surface area contributed by atoms with Crippen molar-refractivity contribution in [2.45, 2.75) is 0 Å². The van der Waals surface area contributed by atoms with Gasteiger partial charge in [-0.2, -0.15) is 10.4 Å². The molecule has 0 aliphatic rings. The first-order chi connectivity index (χ1) is 17.0. The largest absolute Gasteiger partial charge is 0.452 e. The number of nitrogens with zero attached hydrogens (tertiary/aromatic N) is 3. The zero-order valence-electron chi connectivity index (χ0n) is 18.4. The molecule has 0 bridgehead atoms. The van der Waals surface area contributed by atoms with Crippen LogP contribution in [-0.4, -0.2) is 28.3 Å². The smallest absolute Gasteiger partial charge is 0.331 e. The molecule has 8 heteroatoms. The molecule has 1 aromatic heterocycles. The van der Waals surface area contributed by atoms with E-state index in [-0.39, 0.29) is 0 Å². The van der Waals surface area contributed by atoms with Crippen molar-refractivity contribution in [1.82, 2.24) is 9.78 Å². The lowest BCUT2D eigenvalue weighted by molar-refractivity contribution is -0.142. The summed E-state index contributed by atoms with van der Waals surface area (Å²) < 4.78 is 7.76. The fourth-order valence-electron chi connectivity index (χ4n) is 3.26. The first kappa shape index (κ1) is 23.7. The van der Waals surface area contributed by atoms with Gasteiger partial charge in [0.05, 0.1) is 23.0 Å². The van der Waals surface area contributed by atoms with Crippen LogP contribution >= 0.6 is 15.9 Å². The summed E-state index contributed by atoms with van der Waals surface area (Å²) in [4.78, 5) is 24.4. The number of halogens is 1. The van der Waals surface area contributed by atoms with Crippen LogP contribution in [0.5, 0.6) is 0 Å². The highest BCUT2D eigenvalue weighted by Crippen LogP contribution is 2.26. The van der Waals surface area contributed by atoms with E-state index in [9.17, 15) is 9.59 Å². The first-order valence-corrected chi connectivity index (χ1v) is 11.4. The molecule has 0 aliphatic carbocycles. The van der Waals surface area contributed by atoms with E-state index >= 15 is 0 Å². The van der Waals surface area contributed by atoms with Crippen molar-refractivity contribution in [1.29, 1.82) is 5.26 Å². The molecular formula is C27H19BrN4O3. The molecule has 0 atom stereocenters. The van der Waals surface area contributed by atoms with Gasteiger partial charge in [0.2, 0.25) is 0 Å². The summed E-state index contributed by atoms with van der Waals surface area (Å²) in [6.07, 6.45) is 4.70. The molecule has 7 nitrogen and oxygen atoms in total. The number of benzene rings is 3. The van der Waals surface area contributed by atoms with Gasteiger partial charge in [-0.25, -0.2) is 9.48 Å². The number of hydrogen-bond donors (Lipinski definition) is 1. The minimum Gasteiger partial charge on any atom is -0.452 e. The second-order valence-electron chi connectivity index (χ2n) is 7.40. The van der Waals surface area contributed by atoms with Crippen molar-refractivity contribution in [3.8, 4) is 23.0 Å². The van der Waals surface area contributed by atoms with Crippen LogP contribution in [-0.2, 0) is 14.3 Å². The lowest BCUT2D eigenvalue weighted by Crippen LogP contribution is -2.20. The van der Waals surface area contributed by atoms with Gasteiger partial charge in [-0.05, 0) is 48.5 Å². The number of carbonyl (C=O) groups excluding carboxylic acids is 2. The van der Waals surface area contributed by atoms with Gasteiger partial charge in [0.1, 0.15) is 0 Å². The molecular weight excluding hydrogens is 508 g/mol. The zero-order valence-corrected chi connectivity index (χ0v) is 20.0. The summed E-state index contributed by atoms with van der Waals surface area (Å²) in [5.41, 5.74) is 4.04. The van der Waals surface area contributed by atoms with Crippen LogP contribution in [0.4, 0.5) is 5.69 Å². The topological polar surface area (TPSA) is 97.0 Å². The van der Waals surface area contributed by atoms with Gasteiger partial charge in [-0.15, -0.1) is 0 Å². The molecule has 0 aliphatic heterocycles. The van der Waals surface area contributed by atoms with E-state index < -0.39 is 18.5 Å². The summed E-state index contributed by atoms with van der Waals surface area (Å²) >= 11 is 3.44. The molecule has 172 valence electrons. The van der Waals surface area contributed by atoms with Gasteiger partial charge in [-0.1, -0.05) is 52.3 Å². The molecule has 0 saturated carbocycles. The molecule has 35 heavy (non-hydrogen) atoms. The van der Waals surface area contributed by atoms with Crippen LogP contribution in [0.1, 0.15) is 11.1 Å². The summed E-state index contributed by atoms with van der Waals surface area (Å²) in [6, 6.07) is 25.8. The van der Waals surface area contributed by atoms with Crippen LogP contribution < -0.4 is 5.32 Å². The normalized spacial score (nSPS) is 10.6. The van der Waals surface area contributed by atoms with Crippen molar-refractivity contribution in [2.24, 2.45) is 0 Å². The number of nitrogens with one attached hydrogen (secondary N) is 1. The number of esters is 1. The lowest BCUT2D eigenvalue weighted by atomic mass is 10.1. The Morgan fingerprint density at radius 2 is 1.83 bits per heavy atom. The second kappa shape index (κ2) is 11.1. The van der Waals surface area contributed by atoms with Crippen molar-refractivity contribution in [3.63, 3.8) is 0 Å². The van der Waals surface area contributed by atoms with E-state index in [1.54, 1.807) is 29.0 Å². The summed E-state index contributed by atoms with van der Waals surface area (Å²) in [7, 11) is 0. The molecule has 0 saturated heterocycles. The minimum atomic E-state index is -0.667. The number of amides is 1. The highest BCUT2D eigenvalue weighted by molar-refractivity contribution is 9.10. The van der Waals surface area contributed by atoms with Crippen molar-refractivity contribution in [2.75, 3.05) is 11.9 Å². The maximum atomic E-state index is 12.3. The van der Waals surface area contributed by atoms with Crippen molar-refractivity contribution >= 4 is 39.6 Å². The Labute approximate surface area is 210 Å². The predicted octanol–water partition coefficient (Wildman–Crippen LogP) is 5.37. The van der Waals surface area contributed by atoms with Crippen LogP contribution in [0.3, 0.4) is 0 Å². The van der Waals surface area contributed by atoms with E-state index in [1.165, 1.54) is 12.1 Å². The quantitative estimate of drug-likeness (QED) is 0.258. The third-order valence-corrected chi connectivity index (χ3v) is 5.43. The van der Waals surface area contributed by atoms with Gasteiger partial charge in [0.25, 0.3) is 5.91 Å². The number of carbonyl (C=O) groups is 2. The number of para-hydroxylation sites is 1. The van der Waals surface area contributed by atoms with Gasteiger partial charge < -0.3 is 10.1 Å². The van der Waals surface area contributed by atoms with Crippen molar-refractivity contribution < 1.29 is 14.3 Å². The standard InChI is InChI=1S/C27H19BrN4O3/c28-22-12-9-20(10-13-22)27-21(17-32(31-27)24-7-2-1-3-8-24)11-14-26(34)35-18-25(33)30-23-6-4-5-19(15-23)16-29/h1-15,17H,18H2,(H,30,33)/b14-11+. The van der Waals surface area contributed by atoms with Crippen LogP contribution in [0, 0.1) is 11.3 Å². The monoisotopic (exact) mass is 526 g/mol. The fourth-order valence-corrected chi connectivity index (χ4v) is 3.52. The highest BCUT2D eigenvalue weighted by atomic mass is 79.9. The second-order valence-corrected chi connectivity index (χ2v) is 8.32. The molecule has 1 N–H and O–H groups in total. The zero-order chi connectivity index (χ0) is 24.6. The fraction of sp³-hybridized carbons (Fsp3) is 0.0370. The van der Waals surface area contributed by atoms with E-state index in [2.05, 4.69) is 21.2 Å². The number of hydrogen-bond acceptors (Lipinski definition) is 5. The number of ether oxygens (including phenoxy) is 1. The Balaban J connectivity index is 1.46. The van der Waals surface area contributed by atoms with E-state index in [4.69, 9.17) is 15.1 Å². The Morgan fingerprint density at radius 1 is 1.06 bits per heavy atom. The van der Waals surface area contributed by atoms with Crippen LogP contribution in [0.15, 0.2) is 95.6 Å². The molecule has 4 aromatic rings. The number of rotatable bonds is 7. The van der Waals surface area contributed by atoms with E-state index in [1.807, 2.05) is 66.9 Å². The first-order valence-electron chi connectivity index (χ1n) is 10.6. The van der Waals surface area contributed by atoms with Gasteiger partial charge in [-0.3, -0.25) is 4.79 Å². The highest BCUT2D eigenvalue weighted by Gasteiger charge is 2.12. The predicted molar refractivity (Wildman–Crippen MR) is 136 cm³/mol. The minimum absolute atomic E-state index is 0.417. The van der Waals surface area contributed by atoms with Gasteiger partial charge in [0.15, 0.2) is 6.61 Å². The average Bonchev–Trinajstić information content (AvgIpc) is 3.31. The Hall–Kier alpha value is -4.48. The maximum Gasteiger partial charge on any atom is 0.331 e. The Bertz CT molecular complexity index is 1420. The summed E-state index contributed by atoms with van der Waals surface area (Å²) in [5, 5.41) is 16.2. The van der Waals surface area contributed by atoms with Crippen LogP contribution in [0.2, 0.25) is 0 Å². The molecule has 3 aromatic carbocycles. The Kier molecular flexibility index (Phi) is 7.50. The molecule has 0 spiro atoms. The average molecular weight is 527 g/mol. The SMILES string of the molecule is N#Cc1cccc(NC(=O)COC(=O)/C=C/c2cn(-c3ccccc3)nc2-c2ccc(Br)cc2)c1. The lowest BCUT2D eigenvalue weighted by Gasteiger charge is -2.05. The van der Waals surface area contributed by atoms with Crippen molar-refractivity contribution in [3.05, 3.63) is 107 Å². The third-order valence-electron chi connectivity index (χ3n) is 4.90. The molecule has 0 radical (unpaired) electrons. The number of aromatic nitrogens is 2. The van der Waals surface area contributed by atoms with E-state index in [0.717, 1.165) is 15.7 Å². The van der Waals surface area contributed by atoms with E-state index in [0.29, 0.717) is 22.5 Å². The molecule has 1 heterocycles. The number of nitriles is 1.